The molecule has 1 saturated heterocycles. The summed E-state index contributed by atoms with van der Waals surface area (Å²) in [7, 11) is 0. The number of fused-ring (bicyclic) bond motifs is 1. The summed E-state index contributed by atoms with van der Waals surface area (Å²) in [6.07, 6.45) is 4.34. The average molecular weight is 299 g/mol. The minimum atomic E-state index is 0.563. The van der Waals surface area contributed by atoms with Crippen LogP contribution in [0.15, 0.2) is 36.5 Å². The van der Waals surface area contributed by atoms with Crippen molar-refractivity contribution in [2.24, 2.45) is 0 Å². The number of aromatic amines is 1. The van der Waals surface area contributed by atoms with Crippen LogP contribution in [0.4, 0.5) is 5.69 Å². The van der Waals surface area contributed by atoms with Crippen molar-refractivity contribution in [2.45, 2.75) is 12.8 Å². The van der Waals surface area contributed by atoms with E-state index in [-0.39, 0.29) is 0 Å². The molecule has 0 unspecified atom stereocenters. The molecule has 1 N–H and O–H groups in total. The van der Waals surface area contributed by atoms with E-state index in [0.717, 1.165) is 35.5 Å². The molecule has 0 bridgehead atoms. The van der Waals surface area contributed by atoms with Crippen LogP contribution in [0, 0.1) is 0 Å². The van der Waals surface area contributed by atoms with Gasteiger partial charge < -0.3 is 9.88 Å². The topological polar surface area (TPSA) is 44.8 Å². The van der Waals surface area contributed by atoms with Gasteiger partial charge in [-0.3, -0.25) is 0 Å². The first-order chi connectivity index (χ1) is 10.3. The molecule has 1 fully saturated rings. The lowest BCUT2D eigenvalue weighted by Gasteiger charge is -2.18. The predicted molar refractivity (Wildman–Crippen MR) is 85.8 cm³/mol. The number of anilines is 1. The minimum Gasteiger partial charge on any atom is -0.372 e. The fourth-order valence-corrected chi connectivity index (χ4v) is 3.04. The standard InChI is InChI=1S/C16H15ClN4/c17-15-9-13-16(20-15)18-10-14(19-13)11-4-3-5-12(8-11)21-6-1-2-7-21/h3-5,8-10H,1-2,6-7H2,(H,18,20). The first-order valence-electron chi connectivity index (χ1n) is 7.16. The zero-order valence-electron chi connectivity index (χ0n) is 11.5. The lowest BCUT2D eigenvalue weighted by Crippen LogP contribution is -2.17. The predicted octanol–water partition coefficient (Wildman–Crippen LogP) is 3.88. The Morgan fingerprint density at radius 2 is 2.00 bits per heavy atom. The van der Waals surface area contributed by atoms with Gasteiger partial charge >= 0.3 is 0 Å². The Balaban J connectivity index is 1.74. The average Bonchev–Trinajstić information content (AvgIpc) is 3.15. The Labute approximate surface area is 127 Å². The van der Waals surface area contributed by atoms with Gasteiger partial charge in [0.05, 0.1) is 11.9 Å². The second-order valence-corrected chi connectivity index (χ2v) is 5.76. The fourth-order valence-electron chi connectivity index (χ4n) is 2.85. The third kappa shape index (κ3) is 2.36. The van der Waals surface area contributed by atoms with Gasteiger partial charge in [0, 0.05) is 30.4 Å². The van der Waals surface area contributed by atoms with Gasteiger partial charge in [-0.15, -0.1) is 0 Å². The summed E-state index contributed by atoms with van der Waals surface area (Å²) in [4.78, 5) is 14.4. The van der Waals surface area contributed by atoms with Crippen LogP contribution in [-0.2, 0) is 0 Å². The van der Waals surface area contributed by atoms with Gasteiger partial charge in [0.2, 0.25) is 0 Å². The highest BCUT2D eigenvalue weighted by molar-refractivity contribution is 6.30. The number of hydrogen-bond acceptors (Lipinski definition) is 3. The SMILES string of the molecule is Clc1cc2nc(-c3cccc(N4CCCC4)c3)cnc2[nH]1. The van der Waals surface area contributed by atoms with Gasteiger partial charge in [-0.25, -0.2) is 9.97 Å². The molecule has 4 nitrogen and oxygen atoms in total. The van der Waals surface area contributed by atoms with Crippen LogP contribution in [0.1, 0.15) is 12.8 Å². The summed E-state index contributed by atoms with van der Waals surface area (Å²) in [5.41, 5.74) is 4.74. The van der Waals surface area contributed by atoms with E-state index < -0.39 is 0 Å². The maximum Gasteiger partial charge on any atom is 0.157 e. The van der Waals surface area contributed by atoms with Crippen molar-refractivity contribution >= 4 is 28.5 Å². The van der Waals surface area contributed by atoms with E-state index in [2.05, 4.69) is 44.1 Å². The van der Waals surface area contributed by atoms with Crippen molar-refractivity contribution < 1.29 is 0 Å². The lowest BCUT2D eigenvalue weighted by atomic mass is 10.1. The van der Waals surface area contributed by atoms with Crippen LogP contribution >= 0.6 is 11.6 Å². The molecule has 0 radical (unpaired) electrons. The quantitative estimate of drug-likeness (QED) is 0.781. The maximum absolute atomic E-state index is 5.95. The van der Waals surface area contributed by atoms with Crippen LogP contribution in [0.2, 0.25) is 5.15 Å². The number of hydrogen-bond donors (Lipinski definition) is 1. The summed E-state index contributed by atoms with van der Waals surface area (Å²) in [6, 6.07) is 10.3. The second kappa shape index (κ2) is 5.04. The zero-order valence-corrected chi connectivity index (χ0v) is 12.3. The van der Waals surface area contributed by atoms with Crippen LogP contribution in [-0.4, -0.2) is 28.0 Å². The number of benzene rings is 1. The maximum atomic E-state index is 5.95. The summed E-state index contributed by atoms with van der Waals surface area (Å²) < 4.78 is 0. The lowest BCUT2D eigenvalue weighted by molar-refractivity contribution is 0.949. The molecule has 0 saturated carbocycles. The third-order valence-corrected chi connectivity index (χ3v) is 4.12. The summed E-state index contributed by atoms with van der Waals surface area (Å²) in [5, 5.41) is 0.563. The first kappa shape index (κ1) is 12.7. The molecule has 0 aliphatic carbocycles. The molecule has 1 aliphatic heterocycles. The first-order valence-corrected chi connectivity index (χ1v) is 7.54. The molecule has 1 aliphatic rings. The molecule has 0 amide bonds. The fraction of sp³-hybridized carbons (Fsp3) is 0.250. The number of nitrogens with one attached hydrogen (secondary N) is 1. The van der Waals surface area contributed by atoms with Crippen molar-refractivity contribution in [3.8, 4) is 11.3 Å². The highest BCUT2D eigenvalue weighted by atomic mass is 35.5. The molecule has 21 heavy (non-hydrogen) atoms. The van der Waals surface area contributed by atoms with E-state index in [1.807, 2.05) is 0 Å². The summed E-state index contributed by atoms with van der Waals surface area (Å²) >= 11 is 5.95. The van der Waals surface area contributed by atoms with E-state index in [1.165, 1.54) is 18.5 Å². The van der Waals surface area contributed by atoms with Crippen LogP contribution in [0.5, 0.6) is 0 Å². The second-order valence-electron chi connectivity index (χ2n) is 5.35. The highest BCUT2D eigenvalue weighted by Crippen LogP contribution is 2.27. The molecule has 4 rings (SSSR count). The van der Waals surface area contributed by atoms with Crippen molar-refractivity contribution in [3.05, 3.63) is 41.7 Å². The van der Waals surface area contributed by atoms with E-state index in [0.29, 0.717) is 5.15 Å². The Morgan fingerprint density at radius 1 is 1.14 bits per heavy atom. The minimum absolute atomic E-state index is 0.563. The van der Waals surface area contributed by atoms with Crippen molar-refractivity contribution in [3.63, 3.8) is 0 Å². The number of halogens is 1. The number of aromatic nitrogens is 3. The molecule has 3 heterocycles. The van der Waals surface area contributed by atoms with E-state index in [9.17, 15) is 0 Å². The third-order valence-electron chi connectivity index (χ3n) is 3.91. The largest absolute Gasteiger partial charge is 0.372 e. The van der Waals surface area contributed by atoms with E-state index in [4.69, 9.17) is 11.6 Å². The van der Waals surface area contributed by atoms with Crippen molar-refractivity contribution in [1.29, 1.82) is 0 Å². The normalized spacial score (nSPS) is 15.0. The molecule has 3 aromatic rings. The summed E-state index contributed by atoms with van der Waals surface area (Å²) in [5.74, 6) is 0. The smallest absolute Gasteiger partial charge is 0.157 e. The van der Waals surface area contributed by atoms with Gasteiger partial charge in [0.25, 0.3) is 0 Å². The Hall–Kier alpha value is -2.07. The number of H-pyrrole nitrogens is 1. The van der Waals surface area contributed by atoms with E-state index >= 15 is 0 Å². The Kier molecular flexibility index (Phi) is 3.04. The monoisotopic (exact) mass is 298 g/mol. The van der Waals surface area contributed by atoms with E-state index in [1.54, 1.807) is 12.3 Å². The van der Waals surface area contributed by atoms with Gasteiger partial charge in [-0.1, -0.05) is 23.7 Å². The van der Waals surface area contributed by atoms with Crippen LogP contribution in [0.25, 0.3) is 22.4 Å². The number of rotatable bonds is 2. The highest BCUT2D eigenvalue weighted by Gasteiger charge is 2.13. The molecule has 5 heteroatoms. The van der Waals surface area contributed by atoms with Gasteiger partial charge in [-0.2, -0.15) is 0 Å². The zero-order chi connectivity index (χ0) is 14.2. The Bertz CT molecular complexity index is 790. The van der Waals surface area contributed by atoms with Crippen molar-refractivity contribution in [1.82, 2.24) is 15.0 Å². The molecule has 1 aromatic carbocycles. The molecule has 2 aromatic heterocycles. The summed E-state index contributed by atoms with van der Waals surface area (Å²) in [6.45, 7) is 2.28. The molecule has 0 atom stereocenters. The molecular weight excluding hydrogens is 284 g/mol. The van der Waals surface area contributed by atoms with Gasteiger partial charge in [-0.05, 0) is 25.0 Å². The molecular formula is C16H15ClN4. The van der Waals surface area contributed by atoms with Gasteiger partial charge in [0.1, 0.15) is 10.7 Å². The molecule has 0 spiro atoms. The van der Waals surface area contributed by atoms with Crippen molar-refractivity contribution in [2.75, 3.05) is 18.0 Å². The number of nitrogens with zero attached hydrogens (tertiary/aromatic N) is 3. The Morgan fingerprint density at radius 3 is 2.86 bits per heavy atom. The van der Waals surface area contributed by atoms with Gasteiger partial charge in [0.15, 0.2) is 5.65 Å². The molecule has 106 valence electrons. The van der Waals surface area contributed by atoms with Crippen LogP contribution in [0.3, 0.4) is 0 Å². The van der Waals surface area contributed by atoms with Crippen LogP contribution < -0.4 is 4.90 Å².